The quantitative estimate of drug-likeness (QED) is 0.501. The van der Waals surface area contributed by atoms with E-state index in [0.717, 1.165) is 10.6 Å². The van der Waals surface area contributed by atoms with Crippen molar-refractivity contribution in [3.05, 3.63) is 81.6 Å². The Bertz CT molecular complexity index is 944. The number of rotatable bonds is 6. The molecule has 1 N–H and O–H groups in total. The van der Waals surface area contributed by atoms with E-state index in [0.29, 0.717) is 26.9 Å². The lowest BCUT2D eigenvalue weighted by atomic mass is 10.2. The smallest absolute Gasteiger partial charge is 0.129 e. The Morgan fingerprint density at radius 3 is 2.77 bits per heavy atom. The number of hydrogen-bond donors (Lipinski definition) is 1. The van der Waals surface area contributed by atoms with Gasteiger partial charge in [0.15, 0.2) is 0 Å². The molecule has 0 aliphatic heterocycles. The molecule has 130 valence electrons. The summed E-state index contributed by atoms with van der Waals surface area (Å²) in [6.45, 7) is 0. The van der Waals surface area contributed by atoms with Crippen LogP contribution in [0.4, 0.5) is 10.1 Å². The van der Waals surface area contributed by atoms with Gasteiger partial charge in [0, 0.05) is 28.2 Å². The van der Waals surface area contributed by atoms with Crippen LogP contribution in [0.25, 0.3) is 6.08 Å². The van der Waals surface area contributed by atoms with Crippen LogP contribution in [0.2, 0.25) is 5.02 Å². The zero-order valence-corrected chi connectivity index (χ0v) is 15.8. The highest BCUT2D eigenvalue weighted by Crippen LogP contribution is 2.33. The molecule has 0 radical (unpaired) electrons. The number of nitrogens with one attached hydrogen (secondary N) is 1. The van der Waals surface area contributed by atoms with Crippen molar-refractivity contribution in [3.8, 4) is 6.07 Å². The number of hydrogen-bond acceptors (Lipinski definition) is 5. The molecule has 26 heavy (non-hydrogen) atoms. The monoisotopic (exact) mass is 401 g/mol. The van der Waals surface area contributed by atoms with Gasteiger partial charge in [-0.1, -0.05) is 47.6 Å². The molecule has 3 nitrogen and oxygen atoms in total. The van der Waals surface area contributed by atoms with Gasteiger partial charge in [-0.15, -0.1) is 0 Å². The fourth-order valence-electron chi connectivity index (χ4n) is 2.16. The Morgan fingerprint density at radius 2 is 2.04 bits per heavy atom. The number of halogens is 2. The molecule has 3 aromatic rings. The molecule has 0 saturated heterocycles. The van der Waals surface area contributed by atoms with Crippen LogP contribution in [-0.4, -0.2) is 4.37 Å². The molecule has 0 saturated carbocycles. The fourth-order valence-corrected chi connectivity index (χ4v) is 4.37. The maximum absolute atomic E-state index is 13.9. The van der Waals surface area contributed by atoms with Gasteiger partial charge in [0.25, 0.3) is 0 Å². The normalized spacial score (nSPS) is 10.8. The van der Waals surface area contributed by atoms with Crippen LogP contribution in [-0.2, 0) is 5.75 Å². The van der Waals surface area contributed by atoms with Crippen molar-refractivity contribution in [1.82, 2.24) is 4.37 Å². The SMILES string of the molecule is N#Cc1c(SCc2c(F)cccc2Cl)nsc1C=CNc1ccccc1. The topological polar surface area (TPSA) is 48.7 Å². The van der Waals surface area contributed by atoms with Gasteiger partial charge in [0.2, 0.25) is 0 Å². The summed E-state index contributed by atoms with van der Waals surface area (Å²) < 4.78 is 18.2. The summed E-state index contributed by atoms with van der Waals surface area (Å²) in [7, 11) is 0. The minimum Gasteiger partial charge on any atom is -0.362 e. The predicted molar refractivity (Wildman–Crippen MR) is 107 cm³/mol. The minimum atomic E-state index is -0.356. The molecule has 1 aromatic heterocycles. The van der Waals surface area contributed by atoms with Crippen LogP contribution in [0.5, 0.6) is 0 Å². The molecule has 0 amide bonds. The molecule has 7 heteroatoms. The third-order valence-electron chi connectivity index (χ3n) is 3.47. The van der Waals surface area contributed by atoms with Crippen molar-refractivity contribution in [1.29, 1.82) is 5.26 Å². The maximum atomic E-state index is 13.9. The van der Waals surface area contributed by atoms with Crippen LogP contribution >= 0.6 is 34.9 Å². The first-order valence-electron chi connectivity index (χ1n) is 7.62. The van der Waals surface area contributed by atoms with E-state index < -0.39 is 0 Å². The molecule has 0 fully saturated rings. The first-order valence-corrected chi connectivity index (χ1v) is 9.76. The Balaban J connectivity index is 1.71. The average Bonchev–Trinajstić information content (AvgIpc) is 3.04. The number of aromatic nitrogens is 1. The average molecular weight is 402 g/mol. The van der Waals surface area contributed by atoms with E-state index >= 15 is 0 Å². The zero-order valence-electron chi connectivity index (χ0n) is 13.4. The van der Waals surface area contributed by atoms with Gasteiger partial charge in [0.1, 0.15) is 22.5 Å². The number of para-hydroxylation sites is 1. The van der Waals surface area contributed by atoms with Gasteiger partial charge >= 0.3 is 0 Å². The second-order valence-electron chi connectivity index (χ2n) is 5.17. The maximum Gasteiger partial charge on any atom is 0.129 e. The summed E-state index contributed by atoms with van der Waals surface area (Å²) >= 11 is 8.58. The van der Waals surface area contributed by atoms with Gasteiger partial charge in [-0.25, -0.2) is 4.39 Å². The van der Waals surface area contributed by atoms with Crippen molar-refractivity contribution < 1.29 is 4.39 Å². The Morgan fingerprint density at radius 1 is 1.23 bits per heavy atom. The number of anilines is 1. The summed E-state index contributed by atoms with van der Waals surface area (Å²) in [4.78, 5) is 0.748. The lowest BCUT2D eigenvalue weighted by molar-refractivity contribution is 0.617. The molecule has 0 unspecified atom stereocenters. The van der Waals surface area contributed by atoms with E-state index in [-0.39, 0.29) is 5.82 Å². The fraction of sp³-hybridized carbons (Fsp3) is 0.0526. The second kappa shape index (κ2) is 8.86. The third-order valence-corrected chi connectivity index (χ3v) is 5.75. The van der Waals surface area contributed by atoms with E-state index in [1.807, 2.05) is 36.4 Å². The largest absolute Gasteiger partial charge is 0.362 e. The Hall–Kier alpha value is -2.33. The molecule has 0 aliphatic rings. The van der Waals surface area contributed by atoms with Crippen LogP contribution in [0, 0.1) is 17.1 Å². The van der Waals surface area contributed by atoms with Crippen LogP contribution in [0.1, 0.15) is 16.0 Å². The van der Waals surface area contributed by atoms with Crippen molar-refractivity contribution >= 4 is 46.7 Å². The van der Waals surface area contributed by atoms with Gasteiger partial charge < -0.3 is 5.32 Å². The lowest BCUT2D eigenvalue weighted by Crippen LogP contribution is -1.90. The standard InChI is InChI=1S/C19H13ClFN3S2/c20-16-7-4-8-17(21)15(16)12-25-19-14(11-22)18(26-24-19)9-10-23-13-5-2-1-3-6-13/h1-10,23H,12H2. The highest BCUT2D eigenvalue weighted by Gasteiger charge is 2.14. The van der Waals surface area contributed by atoms with E-state index in [9.17, 15) is 9.65 Å². The molecule has 0 atom stereocenters. The van der Waals surface area contributed by atoms with E-state index in [1.54, 1.807) is 18.3 Å². The van der Waals surface area contributed by atoms with E-state index in [2.05, 4.69) is 15.8 Å². The minimum absolute atomic E-state index is 0.315. The number of nitrogens with zero attached hydrogens (tertiary/aromatic N) is 2. The van der Waals surface area contributed by atoms with Crippen molar-refractivity contribution in [2.45, 2.75) is 10.8 Å². The Kier molecular flexibility index (Phi) is 6.29. The Labute approximate surface area is 164 Å². The van der Waals surface area contributed by atoms with Crippen molar-refractivity contribution in [2.24, 2.45) is 0 Å². The molecule has 1 heterocycles. The van der Waals surface area contributed by atoms with Crippen molar-refractivity contribution in [2.75, 3.05) is 5.32 Å². The second-order valence-corrected chi connectivity index (χ2v) is 7.35. The molecule has 3 rings (SSSR count). The third kappa shape index (κ3) is 4.44. The predicted octanol–water partition coefficient (Wildman–Crippen LogP) is 6.18. The van der Waals surface area contributed by atoms with Crippen LogP contribution in [0.15, 0.2) is 59.8 Å². The van der Waals surface area contributed by atoms with Crippen LogP contribution < -0.4 is 5.32 Å². The molecule has 0 bridgehead atoms. The summed E-state index contributed by atoms with van der Waals surface area (Å²) in [5, 5.41) is 13.6. The number of nitriles is 1. The van der Waals surface area contributed by atoms with Gasteiger partial charge in [-0.3, -0.25) is 0 Å². The summed E-state index contributed by atoms with van der Waals surface area (Å²) in [6, 6.07) is 16.5. The molecular weight excluding hydrogens is 389 g/mol. The first kappa shape index (κ1) is 18.5. The summed E-state index contributed by atoms with van der Waals surface area (Å²) in [6.07, 6.45) is 3.58. The molecule has 0 aliphatic carbocycles. The summed E-state index contributed by atoms with van der Waals surface area (Å²) in [5.74, 6) is -0.0408. The summed E-state index contributed by atoms with van der Waals surface area (Å²) in [5.41, 5.74) is 1.85. The number of benzene rings is 2. The van der Waals surface area contributed by atoms with E-state index in [1.165, 1.54) is 29.4 Å². The van der Waals surface area contributed by atoms with Gasteiger partial charge in [-0.05, 0) is 41.9 Å². The molecular formula is C19H13ClFN3S2. The molecule has 2 aromatic carbocycles. The highest BCUT2D eigenvalue weighted by atomic mass is 35.5. The number of thioether (sulfide) groups is 1. The zero-order chi connectivity index (χ0) is 18.4. The van der Waals surface area contributed by atoms with Gasteiger partial charge in [0.05, 0.1) is 4.88 Å². The van der Waals surface area contributed by atoms with Gasteiger partial charge in [-0.2, -0.15) is 9.64 Å². The first-order chi connectivity index (χ1) is 12.7. The van der Waals surface area contributed by atoms with E-state index in [4.69, 9.17) is 11.6 Å². The highest BCUT2D eigenvalue weighted by molar-refractivity contribution is 7.98. The van der Waals surface area contributed by atoms with Crippen LogP contribution in [0.3, 0.4) is 0 Å². The lowest BCUT2D eigenvalue weighted by Gasteiger charge is -2.04. The molecule has 0 spiro atoms. The van der Waals surface area contributed by atoms with Crippen molar-refractivity contribution in [3.63, 3.8) is 0 Å².